The summed E-state index contributed by atoms with van der Waals surface area (Å²) in [5.41, 5.74) is 1.62. The molecule has 1 fully saturated rings. The molecule has 240 valence electrons. The lowest BCUT2D eigenvalue weighted by Crippen LogP contribution is -2.51. The normalized spacial score (nSPS) is 16.0. The van der Waals surface area contributed by atoms with Crippen LogP contribution in [0.2, 0.25) is 0 Å². The SMILES string of the molecule is COC(=O)CC(C(=O)N1CCc2c1ccc(OCc1ccc(C3CCCC3)c(C(F)(F)F)c1)c2C)N(C)C(=O)OC(C)(C)C. The maximum Gasteiger partial charge on any atom is 0.416 e. The molecule has 1 heterocycles. The molecule has 0 bridgehead atoms. The fourth-order valence-electron chi connectivity index (χ4n) is 5.98. The van der Waals surface area contributed by atoms with Crippen LogP contribution in [0.5, 0.6) is 5.75 Å². The van der Waals surface area contributed by atoms with Gasteiger partial charge in [0.15, 0.2) is 0 Å². The molecule has 8 nitrogen and oxygen atoms in total. The van der Waals surface area contributed by atoms with Gasteiger partial charge in [-0.3, -0.25) is 14.5 Å². The van der Waals surface area contributed by atoms with Crippen LogP contribution in [0.15, 0.2) is 30.3 Å². The van der Waals surface area contributed by atoms with E-state index in [-0.39, 0.29) is 18.9 Å². The molecule has 0 saturated heterocycles. The van der Waals surface area contributed by atoms with Gasteiger partial charge in [-0.05, 0) is 93.3 Å². The molecule has 1 atom stereocenters. The third-order valence-electron chi connectivity index (χ3n) is 8.30. The van der Waals surface area contributed by atoms with Crippen LogP contribution in [0.4, 0.5) is 23.7 Å². The topological polar surface area (TPSA) is 85.4 Å². The Balaban J connectivity index is 1.53. The number of alkyl halides is 3. The number of esters is 1. The summed E-state index contributed by atoms with van der Waals surface area (Å²) in [5.74, 6) is -0.675. The number of nitrogens with zero attached hydrogens (tertiary/aromatic N) is 2. The molecule has 2 amide bonds. The van der Waals surface area contributed by atoms with Gasteiger partial charge in [-0.1, -0.05) is 25.0 Å². The summed E-state index contributed by atoms with van der Waals surface area (Å²) < 4.78 is 58.1. The van der Waals surface area contributed by atoms with Gasteiger partial charge in [0.05, 0.1) is 19.1 Å². The van der Waals surface area contributed by atoms with Crippen LogP contribution >= 0.6 is 0 Å². The molecule has 0 N–H and O–H groups in total. The van der Waals surface area contributed by atoms with Crippen LogP contribution in [0, 0.1) is 6.92 Å². The maximum atomic E-state index is 13.9. The van der Waals surface area contributed by atoms with Crippen LogP contribution in [0.3, 0.4) is 0 Å². The van der Waals surface area contributed by atoms with E-state index in [4.69, 9.17) is 14.2 Å². The van der Waals surface area contributed by atoms with Crippen molar-refractivity contribution in [3.05, 3.63) is 58.1 Å². The molecule has 2 aromatic rings. The van der Waals surface area contributed by atoms with E-state index >= 15 is 0 Å². The number of ether oxygens (including phenoxy) is 3. The second kappa shape index (κ2) is 13.1. The Labute approximate surface area is 256 Å². The second-order valence-electron chi connectivity index (χ2n) is 12.5. The molecular formula is C33H41F3N2O6. The van der Waals surface area contributed by atoms with Gasteiger partial charge in [0, 0.05) is 19.3 Å². The smallest absolute Gasteiger partial charge is 0.416 e. The van der Waals surface area contributed by atoms with Gasteiger partial charge in [0.2, 0.25) is 0 Å². The molecule has 0 aromatic heterocycles. The largest absolute Gasteiger partial charge is 0.489 e. The summed E-state index contributed by atoms with van der Waals surface area (Å²) in [6.45, 7) is 7.22. The number of halogens is 3. The zero-order valence-electron chi connectivity index (χ0n) is 26.2. The Morgan fingerprint density at radius 3 is 2.36 bits per heavy atom. The van der Waals surface area contributed by atoms with Crippen LogP contribution in [0.25, 0.3) is 0 Å². The minimum atomic E-state index is -4.45. The third kappa shape index (κ3) is 7.47. The van der Waals surface area contributed by atoms with E-state index in [0.717, 1.165) is 41.7 Å². The average molecular weight is 619 g/mol. The number of fused-ring (bicyclic) bond motifs is 1. The lowest BCUT2D eigenvalue weighted by molar-refractivity contribution is -0.144. The summed E-state index contributed by atoms with van der Waals surface area (Å²) in [4.78, 5) is 41.4. The van der Waals surface area contributed by atoms with Crippen LogP contribution < -0.4 is 9.64 Å². The number of methoxy groups -OCH3 is 1. The first-order valence-electron chi connectivity index (χ1n) is 14.9. The molecule has 2 aliphatic rings. The number of carbonyl (C=O) groups is 3. The summed E-state index contributed by atoms with van der Waals surface area (Å²) in [5, 5.41) is 0. The van der Waals surface area contributed by atoms with E-state index in [1.165, 1.54) is 25.1 Å². The van der Waals surface area contributed by atoms with Gasteiger partial charge in [-0.25, -0.2) is 4.79 Å². The van der Waals surface area contributed by atoms with E-state index in [2.05, 4.69) is 0 Å². The van der Waals surface area contributed by atoms with Gasteiger partial charge in [-0.15, -0.1) is 0 Å². The van der Waals surface area contributed by atoms with Crippen molar-refractivity contribution < 1.29 is 41.8 Å². The summed E-state index contributed by atoms with van der Waals surface area (Å²) in [6, 6.07) is 6.73. The number of hydrogen-bond acceptors (Lipinski definition) is 6. The Bertz CT molecular complexity index is 1400. The fourth-order valence-corrected chi connectivity index (χ4v) is 5.98. The quantitative estimate of drug-likeness (QED) is 0.298. The second-order valence-corrected chi connectivity index (χ2v) is 12.5. The van der Waals surface area contributed by atoms with Crippen LogP contribution in [0.1, 0.15) is 86.6 Å². The molecule has 1 aliphatic heterocycles. The van der Waals surface area contributed by atoms with Crippen molar-refractivity contribution in [2.24, 2.45) is 0 Å². The minimum absolute atomic E-state index is 0.0435. The van der Waals surface area contributed by atoms with E-state index < -0.39 is 41.4 Å². The Kier molecular flexibility index (Phi) is 9.85. The minimum Gasteiger partial charge on any atom is -0.489 e. The van der Waals surface area contributed by atoms with E-state index in [1.807, 2.05) is 6.92 Å². The van der Waals surface area contributed by atoms with Crippen molar-refractivity contribution in [1.82, 2.24) is 4.90 Å². The number of amides is 2. The first-order valence-corrected chi connectivity index (χ1v) is 14.9. The molecule has 2 aromatic carbocycles. The Morgan fingerprint density at radius 2 is 1.75 bits per heavy atom. The van der Waals surface area contributed by atoms with Gasteiger partial charge >= 0.3 is 18.2 Å². The van der Waals surface area contributed by atoms with Gasteiger partial charge in [0.1, 0.15) is 24.0 Å². The first kappa shape index (κ1) is 33.1. The lowest BCUT2D eigenvalue weighted by Gasteiger charge is -2.32. The number of carbonyl (C=O) groups excluding carboxylic acids is 3. The maximum absolute atomic E-state index is 13.9. The van der Waals surface area contributed by atoms with E-state index in [1.54, 1.807) is 45.0 Å². The molecule has 0 radical (unpaired) electrons. The van der Waals surface area contributed by atoms with Crippen molar-refractivity contribution in [3.8, 4) is 5.75 Å². The monoisotopic (exact) mass is 618 g/mol. The average Bonchev–Trinajstić information content (AvgIpc) is 3.64. The van der Waals surface area contributed by atoms with Gasteiger partial charge in [-0.2, -0.15) is 13.2 Å². The molecule has 11 heteroatoms. The molecule has 1 unspecified atom stereocenters. The highest BCUT2D eigenvalue weighted by molar-refractivity contribution is 6.02. The van der Waals surface area contributed by atoms with Gasteiger partial charge in [0.25, 0.3) is 5.91 Å². The lowest BCUT2D eigenvalue weighted by atomic mass is 9.91. The highest BCUT2D eigenvalue weighted by atomic mass is 19.4. The van der Waals surface area contributed by atoms with Gasteiger partial charge < -0.3 is 19.1 Å². The predicted molar refractivity (Wildman–Crippen MR) is 159 cm³/mol. The first-order chi connectivity index (χ1) is 20.6. The van der Waals surface area contributed by atoms with E-state index in [0.29, 0.717) is 35.5 Å². The molecule has 1 aliphatic carbocycles. The third-order valence-corrected chi connectivity index (χ3v) is 8.30. The zero-order valence-corrected chi connectivity index (χ0v) is 26.2. The van der Waals surface area contributed by atoms with Crippen LogP contribution in [-0.4, -0.2) is 55.2 Å². The summed E-state index contributed by atoms with van der Waals surface area (Å²) >= 11 is 0. The number of hydrogen-bond donors (Lipinski definition) is 0. The predicted octanol–water partition coefficient (Wildman–Crippen LogP) is 6.94. The number of benzene rings is 2. The standard InChI is InChI=1S/C33H41F3N2O6/c1-20-23-15-16-38(30(40)27(18-29(39)42-6)37(5)31(41)44-32(2,3)4)26(23)13-14-28(20)43-19-21-11-12-24(22-9-7-8-10-22)25(17-21)33(34,35)36/h11-14,17,22,27H,7-10,15-16,18-19H2,1-6H3. The fraction of sp³-hybridized carbons (Fsp3) is 0.545. The van der Waals surface area contributed by atoms with Crippen molar-refractivity contribution in [2.45, 2.75) is 96.6 Å². The Morgan fingerprint density at radius 1 is 1.07 bits per heavy atom. The highest BCUT2D eigenvalue weighted by Crippen LogP contribution is 2.42. The number of anilines is 1. The van der Waals surface area contributed by atoms with Crippen molar-refractivity contribution in [2.75, 3.05) is 25.6 Å². The van der Waals surface area contributed by atoms with Crippen LogP contribution in [-0.2, 0) is 38.3 Å². The van der Waals surface area contributed by atoms with Crippen molar-refractivity contribution in [1.29, 1.82) is 0 Å². The molecule has 4 rings (SSSR count). The number of rotatable bonds is 8. The van der Waals surface area contributed by atoms with E-state index in [9.17, 15) is 27.6 Å². The number of likely N-dealkylation sites (N-methyl/N-ethyl adjacent to an activating group) is 1. The summed E-state index contributed by atoms with van der Waals surface area (Å²) in [7, 11) is 2.62. The molecule has 44 heavy (non-hydrogen) atoms. The molecule has 1 saturated carbocycles. The highest BCUT2D eigenvalue weighted by Gasteiger charge is 2.39. The summed E-state index contributed by atoms with van der Waals surface area (Å²) in [6.07, 6.45) is -1.61. The molecule has 0 spiro atoms. The zero-order chi connectivity index (χ0) is 32.4. The Hall–Kier alpha value is -3.76. The van der Waals surface area contributed by atoms with Crippen molar-refractivity contribution in [3.63, 3.8) is 0 Å². The molecular weight excluding hydrogens is 577 g/mol. The van der Waals surface area contributed by atoms with Crippen molar-refractivity contribution >= 4 is 23.7 Å².